The Bertz CT molecular complexity index is 811. The van der Waals surface area contributed by atoms with E-state index in [0.29, 0.717) is 24.2 Å². The molecule has 0 radical (unpaired) electrons. The topological polar surface area (TPSA) is 76.3 Å². The summed E-state index contributed by atoms with van der Waals surface area (Å²) in [5, 5.41) is 10.8. The van der Waals surface area contributed by atoms with Crippen molar-refractivity contribution in [3.8, 4) is 0 Å². The Kier molecular flexibility index (Phi) is 3.73. The lowest BCUT2D eigenvalue weighted by Gasteiger charge is -2.28. The average Bonchev–Trinajstić information content (AvgIpc) is 2.55. The molecule has 1 aromatic carbocycles. The molecule has 0 fully saturated rings. The number of benzene rings is 1. The number of nitrogens with zero attached hydrogens (tertiary/aromatic N) is 3. The molecule has 0 saturated carbocycles. The van der Waals surface area contributed by atoms with Gasteiger partial charge in [0.25, 0.3) is 11.6 Å². The summed E-state index contributed by atoms with van der Waals surface area (Å²) in [5.74, 6) is -2.57. The molecule has 0 aliphatic carbocycles. The molecule has 1 amide bonds. The second-order valence-corrected chi connectivity index (χ2v) is 5.16. The maximum atomic E-state index is 13.3. The summed E-state index contributed by atoms with van der Waals surface area (Å²) in [6, 6.07) is 4.33. The monoisotopic (exact) mass is 319 g/mol. The van der Waals surface area contributed by atoms with Crippen LogP contribution in [-0.4, -0.2) is 27.3 Å². The van der Waals surface area contributed by atoms with Crippen LogP contribution in [0.2, 0.25) is 0 Å². The van der Waals surface area contributed by atoms with Crippen molar-refractivity contribution in [1.29, 1.82) is 0 Å². The van der Waals surface area contributed by atoms with Gasteiger partial charge < -0.3 is 4.90 Å². The molecule has 6 nitrogen and oxygen atoms in total. The van der Waals surface area contributed by atoms with Gasteiger partial charge >= 0.3 is 0 Å². The van der Waals surface area contributed by atoms with Gasteiger partial charge in [0.1, 0.15) is 6.20 Å². The number of hydrogen-bond acceptors (Lipinski definition) is 4. The summed E-state index contributed by atoms with van der Waals surface area (Å²) in [7, 11) is 0. The highest BCUT2D eigenvalue weighted by atomic mass is 19.2. The zero-order valence-electron chi connectivity index (χ0n) is 11.8. The van der Waals surface area contributed by atoms with Crippen LogP contribution in [0.3, 0.4) is 0 Å². The quantitative estimate of drug-likeness (QED) is 0.629. The first-order valence-electron chi connectivity index (χ1n) is 6.82. The number of carbonyl (C=O) groups is 1. The van der Waals surface area contributed by atoms with Gasteiger partial charge in [0.15, 0.2) is 11.6 Å². The minimum Gasteiger partial charge on any atom is -0.334 e. The minimum absolute atomic E-state index is 0.0331. The lowest BCUT2D eigenvalue weighted by Crippen LogP contribution is -2.36. The number of carbonyl (C=O) groups excluding carboxylic acids is 1. The number of rotatable bonds is 2. The van der Waals surface area contributed by atoms with Gasteiger partial charge in [-0.1, -0.05) is 0 Å². The molecular formula is C15H11F2N3O3. The standard InChI is InChI=1S/C15H11F2N3O3/c16-12-2-1-9(6-13(12)17)15(21)19-4-3-14-10(8-19)5-11(7-18-14)20(22)23/h1-2,5-7H,3-4,8H2. The van der Waals surface area contributed by atoms with Gasteiger partial charge in [0.05, 0.1) is 4.92 Å². The van der Waals surface area contributed by atoms with E-state index in [4.69, 9.17) is 0 Å². The summed E-state index contributed by atoms with van der Waals surface area (Å²) in [4.78, 5) is 28.1. The molecule has 23 heavy (non-hydrogen) atoms. The smallest absolute Gasteiger partial charge is 0.287 e. The first-order chi connectivity index (χ1) is 11.0. The Morgan fingerprint density at radius 2 is 2.04 bits per heavy atom. The Labute approximate surface area is 129 Å². The molecule has 2 heterocycles. The van der Waals surface area contributed by atoms with Crippen LogP contribution >= 0.6 is 0 Å². The van der Waals surface area contributed by atoms with E-state index in [9.17, 15) is 23.7 Å². The van der Waals surface area contributed by atoms with E-state index in [0.717, 1.165) is 12.1 Å². The normalized spacial score (nSPS) is 13.6. The summed E-state index contributed by atoms with van der Waals surface area (Å²) in [5.41, 5.74) is 1.17. The van der Waals surface area contributed by atoms with Crippen molar-refractivity contribution in [2.45, 2.75) is 13.0 Å². The molecule has 8 heteroatoms. The van der Waals surface area contributed by atoms with Crippen molar-refractivity contribution in [1.82, 2.24) is 9.88 Å². The van der Waals surface area contributed by atoms with Crippen molar-refractivity contribution in [2.24, 2.45) is 0 Å². The van der Waals surface area contributed by atoms with E-state index in [1.807, 2.05) is 0 Å². The van der Waals surface area contributed by atoms with Gasteiger partial charge in [0, 0.05) is 36.8 Å². The molecule has 1 aliphatic rings. The van der Waals surface area contributed by atoms with E-state index in [1.54, 1.807) is 0 Å². The number of amides is 1. The Morgan fingerprint density at radius 3 is 2.74 bits per heavy atom. The number of pyridine rings is 1. The van der Waals surface area contributed by atoms with Crippen LogP contribution in [0, 0.1) is 21.7 Å². The largest absolute Gasteiger partial charge is 0.334 e. The van der Waals surface area contributed by atoms with Gasteiger partial charge in [-0.15, -0.1) is 0 Å². The van der Waals surface area contributed by atoms with E-state index in [1.165, 1.54) is 23.2 Å². The maximum absolute atomic E-state index is 13.3. The third-order valence-electron chi connectivity index (χ3n) is 3.69. The van der Waals surface area contributed by atoms with Crippen LogP contribution in [0.1, 0.15) is 21.6 Å². The third kappa shape index (κ3) is 2.87. The van der Waals surface area contributed by atoms with Crippen LogP contribution in [-0.2, 0) is 13.0 Å². The molecule has 3 rings (SSSR count). The van der Waals surface area contributed by atoms with Gasteiger partial charge in [-0.3, -0.25) is 19.9 Å². The van der Waals surface area contributed by atoms with Crippen LogP contribution in [0.25, 0.3) is 0 Å². The fraction of sp³-hybridized carbons (Fsp3) is 0.200. The van der Waals surface area contributed by atoms with E-state index >= 15 is 0 Å². The lowest BCUT2D eigenvalue weighted by atomic mass is 10.0. The molecule has 118 valence electrons. The third-order valence-corrected chi connectivity index (χ3v) is 3.69. The second-order valence-electron chi connectivity index (χ2n) is 5.16. The summed E-state index contributed by atoms with van der Waals surface area (Å²) in [6.07, 6.45) is 1.63. The second kappa shape index (κ2) is 5.71. The van der Waals surface area contributed by atoms with Crippen LogP contribution in [0.5, 0.6) is 0 Å². The van der Waals surface area contributed by atoms with Crippen LogP contribution < -0.4 is 0 Å². The van der Waals surface area contributed by atoms with E-state index < -0.39 is 22.5 Å². The zero-order valence-corrected chi connectivity index (χ0v) is 11.8. The molecule has 0 spiro atoms. The molecule has 2 aromatic rings. The molecule has 0 bridgehead atoms. The maximum Gasteiger partial charge on any atom is 0.287 e. The molecule has 0 atom stereocenters. The number of fused-ring (bicyclic) bond motifs is 1. The highest BCUT2D eigenvalue weighted by molar-refractivity contribution is 5.94. The predicted octanol–water partition coefficient (Wildman–Crippen LogP) is 2.47. The van der Waals surface area contributed by atoms with Crippen molar-refractivity contribution in [3.05, 3.63) is 69.0 Å². The van der Waals surface area contributed by atoms with Crippen molar-refractivity contribution >= 4 is 11.6 Å². The summed E-state index contributed by atoms with van der Waals surface area (Å²) < 4.78 is 26.2. The Hall–Kier alpha value is -2.90. The number of halogens is 2. The van der Waals surface area contributed by atoms with Crippen molar-refractivity contribution in [2.75, 3.05) is 6.54 Å². The highest BCUT2D eigenvalue weighted by Gasteiger charge is 2.25. The molecular weight excluding hydrogens is 308 g/mol. The summed E-state index contributed by atoms with van der Waals surface area (Å²) >= 11 is 0. The fourth-order valence-corrected chi connectivity index (χ4v) is 2.50. The molecule has 1 aliphatic heterocycles. The highest BCUT2D eigenvalue weighted by Crippen LogP contribution is 2.23. The lowest BCUT2D eigenvalue weighted by molar-refractivity contribution is -0.385. The van der Waals surface area contributed by atoms with Gasteiger partial charge in [-0.25, -0.2) is 8.78 Å². The summed E-state index contributed by atoms with van der Waals surface area (Å²) in [6.45, 7) is 0.498. The van der Waals surface area contributed by atoms with Gasteiger partial charge in [-0.2, -0.15) is 0 Å². The SMILES string of the molecule is O=C(c1ccc(F)c(F)c1)N1CCc2ncc([N+](=O)[O-])cc2C1. The van der Waals surface area contributed by atoms with Gasteiger partial charge in [0.2, 0.25) is 0 Å². The number of nitro groups is 1. The average molecular weight is 319 g/mol. The molecule has 0 saturated heterocycles. The minimum atomic E-state index is -1.09. The first kappa shape index (κ1) is 15.0. The fourth-order valence-electron chi connectivity index (χ4n) is 2.50. The molecule has 1 aromatic heterocycles. The Morgan fingerprint density at radius 1 is 1.26 bits per heavy atom. The number of hydrogen-bond donors (Lipinski definition) is 0. The predicted molar refractivity (Wildman–Crippen MR) is 75.7 cm³/mol. The van der Waals surface area contributed by atoms with Crippen molar-refractivity contribution in [3.63, 3.8) is 0 Å². The van der Waals surface area contributed by atoms with Gasteiger partial charge in [-0.05, 0) is 23.8 Å². The van der Waals surface area contributed by atoms with Crippen LogP contribution in [0.15, 0.2) is 30.5 Å². The van der Waals surface area contributed by atoms with Crippen LogP contribution in [0.4, 0.5) is 14.5 Å². The molecule has 0 unspecified atom stereocenters. The van der Waals surface area contributed by atoms with Crippen molar-refractivity contribution < 1.29 is 18.5 Å². The first-order valence-corrected chi connectivity index (χ1v) is 6.82. The molecule has 0 N–H and O–H groups in total. The zero-order chi connectivity index (χ0) is 16.6. The van der Waals surface area contributed by atoms with E-state index in [2.05, 4.69) is 4.98 Å². The number of aromatic nitrogens is 1. The van der Waals surface area contributed by atoms with E-state index in [-0.39, 0.29) is 17.8 Å². The Balaban J connectivity index is 1.85.